The van der Waals surface area contributed by atoms with Gasteiger partial charge in [-0.3, -0.25) is 9.80 Å². The van der Waals surface area contributed by atoms with Gasteiger partial charge in [0.1, 0.15) is 0 Å². The van der Waals surface area contributed by atoms with Crippen molar-refractivity contribution in [2.75, 3.05) is 39.4 Å². The summed E-state index contributed by atoms with van der Waals surface area (Å²) in [6.45, 7) is 21.7. The molecule has 254 valence electrons. The zero-order valence-electron chi connectivity index (χ0n) is 28.2. The number of carbonyl (C=O) groups excluding carboxylic acids is 1. The monoisotopic (exact) mass is 646 g/mol. The Morgan fingerprint density at radius 2 is 1.89 bits per heavy atom. The van der Waals surface area contributed by atoms with Crippen molar-refractivity contribution >= 4 is 12.1 Å². The summed E-state index contributed by atoms with van der Waals surface area (Å²) in [5.41, 5.74) is 1.24. The van der Waals surface area contributed by atoms with Crippen LogP contribution >= 0.6 is 0 Å². The Kier molecular flexibility index (Phi) is 17.0. The zero-order valence-corrected chi connectivity index (χ0v) is 28.2. The molecule has 2 rings (SSSR count). The second kappa shape index (κ2) is 19.5. The fourth-order valence-electron chi connectivity index (χ4n) is 4.45. The van der Waals surface area contributed by atoms with E-state index in [9.17, 15) is 27.9 Å². The van der Waals surface area contributed by atoms with Gasteiger partial charge >= 0.3 is 12.1 Å². The molecule has 2 atom stereocenters. The molecule has 46 heavy (non-hydrogen) atoms. The molecular weight excluding hydrogens is 597 g/mol. The van der Waals surface area contributed by atoms with E-state index in [1.807, 2.05) is 20.8 Å². The Labute approximate surface area is 272 Å². The number of terminal acetylenes is 1. The lowest BCUT2D eigenvalue weighted by Crippen LogP contribution is -2.46. The second-order valence-electron chi connectivity index (χ2n) is 11.8. The molecule has 0 aliphatic carbocycles. The molecule has 7 nitrogen and oxygen atoms in total. The molecule has 1 N–H and O–H groups in total. The first-order chi connectivity index (χ1) is 21.6. The van der Waals surface area contributed by atoms with Gasteiger partial charge in [-0.25, -0.2) is 22.8 Å². The largest absolute Gasteiger partial charge is 0.499 e. The molecular formula is C36H49F3N2O5. The molecule has 1 aromatic rings. The molecule has 2 unspecified atom stereocenters. The van der Waals surface area contributed by atoms with Crippen molar-refractivity contribution in [1.82, 2.24) is 9.80 Å². The standard InChI is InChI=1S/C30H46N2O5.C6H3F3/c1-10-30(8,9)27(16-15-24(6)28(33)34)32-20-26(21-37-29(32)35)17-18-31(11-2)19-22(4)13-14-23(5)25(7)36-12-3;7-4-2-1-3-5(8)6(4)9/h1,13,15-16,23,26H,7,11-12,14,17-21H2,2-6,8-9H3,(H,33,34);1-3H/b22-13+,24-15+,27-16+;. The van der Waals surface area contributed by atoms with E-state index in [1.54, 1.807) is 11.0 Å². The van der Waals surface area contributed by atoms with Crippen molar-refractivity contribution in [3.63, 3.8) is 0 Å². The van der Waals surface area contributed by atoms with Crippen LogP contribution in [0.15, 0.2) is 65.6 Å². The average Bonchev–Trinajstić information content (AvgIpc) is 3.01. The van der Waals surface area contributed by atoms with Crippen LogP contribution in [0.2, 0.25) is 0 Å². The van der Waals surface area contributed by atoms with Crippen LogP contribution in [0.1, 0.15) is 61.3 Å². The average molecular weight is 647 g/mol. The number of nitrogens with zero attached hydrogens (tertiary/aromatic N) is 2. The third-order valence-corrected chi connectivity index (χ3v) is 7.60. The third kappa shape index (κ3) is 13.2. The van der Waals surface area contributed by atoms with Crippen LogP contribution in [0.4, 0.5) is 18.0 Å². The second-order valence-corrected chi connectivity index (χ2v) is 11.8. The van der Waals surface area contributed by atoms with E-state index in [0.717, 1.165) is 56.4 Å². The maximum absolute atomic E-state index is 12.7. The number of amides is 1. The fourth-order valence-corrected chi connectivity index (χ4v) is 4.45. The summed E-state index contributed by atoms with van der Waals surface area (Å²) in [4.78, 5) is 27.9. The van der Waals surface area contributed by atoms with Crippen LogP contribution in [0.25, 0.3) is 0 Å². The lowest BCUT2D eigenvalue weighted by atomic mass is 9.88. The van der Waals surface area contributed by atoms with Gasteiger partial charge in [0, 0.05) is 36.2 Å². The van der Waals surface area contributed by atoms with Gasteiger partial charge in [0.25, 0.3) is 0 Å². The number of likely N-dealkylation sites (N-methyl/N-ethyl adjacent to an activating group) is 1. The first kappa shape index (κ1) is 40.1. The summed E-state index contributed by atoms with van der Waals surface area (Å²) in [6, 6.07) is 2.82. The highest BCUT2D eigenvalue weighted by molar-refractivity contribution is 5.86. The van der Waals surface area contributed by atoms with E-state index in [4.69, 9.17) is 15.9 Å². The van der Waals surface area contributed by atoms with E-state index in [0.29, 0.717) is 25.5 Å². The SMILES string of the molecule is C#CC(C)(C)/C(=C\C=C(/C)C(=O)O)N1CC(CCN(CC)C/C(C)=C/CC(C)C(=C)OCC)COC1=O.Fc1cccc(F)c1F. The topological polar surface area (TPSA) is 79.3 Å². The molecule has 1 heterocycles. The molecule has 10 heteroatoms. The Morgan fingerprint density at radius 1 is 1.26 bits per heavy atom. The number of aliphatic carboxylic acids is 1. The Hall–Kier alpha value is -3.97. The van der Waals surface area contributed by atoms with Gasteiger partial charge in [-0.1, -0.05) is 50.1 Å². The zero-order chi connectivity index (χ0) is 35.0. The van der Waals surface area contributed by atoms with Crippen molar-refractivity contribution < 1.29 is 37.3 Å². The van der Waals surface area contributed by atoms with Crippen LogP contribution in [0.5, 0.6) is 0 Å². The van der Waals surface area contributed by atoms with Crippen LogP contribution < -0.4 is 0 Å². The number of cyclic esters (lactones) is 1. The van der Waals surface area contributed by atoms with E-state index >= 15 is 0 Å². The Bertz CT molecular complexity index is 1310. The predicted molar refractivity (Wildman–Crippen MR) is 175 cm³/mol. The summed E-state index contributed by atoms with van der Waals surface area (Å²) in [7, 11) is 0. The van der Waals surface area contributed by atoms with Gasteiger partial charge in [-0.2, -0.15) is 0 Å². The van der Waals surface area contributed by atoms with Crippen molar-refractivity contribution in [2.24, 2.45) is 17.3 Å². The highest BCUT2D eigenvalue weighted by Crippen LogP contribution is 2.32. The van der Waals surface area contributed by atoms with Crippen LogP contribution in [-0.2, 0) is 14.3 Å². The molecule has 0 aromatic heterocycles. The van der Waals surface area contributed by atoms with Crippen molar-refractivity contribution in [3.8, 4) is 12.3 Å². The number of carbonyl (C=O) groups is 2. The van der Waals surface area contributed by atoms with Crippen molar-refractivity contribution in [3.05, 3.63) is 83.1 Å². The lowest BCUT2D eigenvalue weighted by Gasteiger charge is -2.38. The summed E-state index contributed by atoms with van der Waals surface area (Å²) >= 11 is 0. The van der Waals surface area contributed by atoms with E-state index in [-0.39, 0.29) is 17.4 Å². The number of benzene rings is 1. The van der Waals surface area contributed by atoms with Gasteiger partial charge in [0.2, 0.25) is 0 Å². The third-order valence-electron chi connectivity index (χ3n) is 7.60. The number of rotatable bonds is 15. The minimum Gasteiger partial charge on any atom is -0.499 e. The Morgan fingerprint density at radius 3 is 2.41 bits per heavy atom. The highest BCUT2D eigenvalue weighted by atomic mass is 19.2. The number of carboxylic acids is 1. The number of halogens is 3. The van der Waals surface area contributed by atoms with Crippen molar-refractivity contribution in [1.29, 1.82) is 0 Å². The van der Waals surface area contributed by atoms with Gasteiger partial charge in [-0.15, -0.1) is 6.42 Å². The van der Waals surface area contributed by atoms with E-state index in [2.05, 4.69) is 44.2 Å². The van der Waals surface area contributed by atoms with E-state index in [1.165, 1.54) is 18.6 Å². The smallest absolute Gasteiger partial charge is 0.414 e. The molecule has 0 bridgehead atoms. The minimum atomic E-state index is -1.42. The molecule has 1 amide bonds. The number of allylic oxidation sites excluding steroid dienone is 5. The fraction of sp³-hybridized carbons (Fsp3) is 0.500. The molecule has 1 saturated heterocycles. The van der Waals surface area contributed by atoms with Gasteiger partial charge in [-0.05, 0) is 78.8 Å². The van der Waals surface area contributed by atoms with Crippen LogP contribution in [0.3, 0.4) is 0 Å². The normalized spacial score (nSPS) is 16.7. The van der Waals surface area contributed by atoms with Crippen LogP contribution in [0, 0.1) is 47.0 Å². The summed E-state index contributed by atoms with van der Waals surface area (Å²) < 4.78 is 47.0. The first-order valence-corrected chi connectivity index (χ1v) is 15.4. The minimum absolute atomic E-state index is 0.132. The quantitative estimate of drug-likeness (QED) is 0.0520. The van der Waals surface area contributed by atoms with Crippen LogP contribution in [-0.4, -0.2) is 66.4 Å². The maximum atomic E-state index is 12.7. The number of ether oxygens (including phenoxy) is 2. The highest BCUT2D eigenvalue weighted by Gasteiger charge is 2.35. The summed E-state index contributed by atoms with van der Waals surface area (Å²) in [6.07, 6.45) is 12.4. The summed E-state index contributed by atoms with van der Waals surface area (Å²) in [5, 5.41) is 9.21. The Balaban J connectivity index is 0.00000100. The first-order valence-electron chi connectivity index (χ1n) is 15.4. The molecule has 1 aromatic carbocycles. The van der Waals surface area contributed by atoms with E-state index < -0.39 is 34.9 Å². The molecule has 1 fully saturated rings. The molecule has 0 radical (unpaired) electrons. The molecule has 1 aliphatic heterocycles. The number of hydrogen-bond acceptors (Lipinski definition) is 5. The predicted octanol–water partition coefficient (Wildman–Crippen LogP) is 7.97. The summed E-state index contributed by atoms with van der Waals surface area (Å²) in [5.74, 6) is -0.806. The van der Waals surface area contributed by atoms with Gasteiger partial charge in [0.05, 0.1) is 24.4 Å². The van der Waals surface area contributed by atoms with Crippen molar-refractivity contribution in [2.45, 2.75) is 61.3 Å². The number of hydrogen-bond donors (Lipinski definition) is 1. The van der Waals surface area contributed by atoms with Gasteiger partial charge in [0.15, 0.2) is 17.5 Å². The maximum Gasteiger partial charge on any atom is 0.414 e. The number of carboxylic acid groups (broad SMARTS) is 1. The lowest BCUT2D eigenvalue weighted by molar-refractivity contribution is -0.132. The van der Waals surface area contributed by atoms with Gasteiger partial charge < -0.3 is 14.6 Å². The molecule has 0 spiro atoms. The molecule has 1 aliphatic rings. The molecule has 0 saturated carbocycles.